The monoisotopic (exact) mass is 621 g/mol. The second-order valence-corrected chi connectivity index (χ2v) is 8.72. The number of hydrogen-bond acceptors (Lipinski definition) is 6. The highest BCUT2D eigenvalue weighted by Crippen LogP contribution is 2.32. The number of aliphatic hydroxyl groups excluding tert-OH is 1. The summed E-state index contributed by atoms with van der Waals surface area (Å²) in [6.45, 7) is -1.52. The fraction of sp³-hybridized carbons (Fsp3) is 0.321. The number of hydrogen-bond donors (Lipinski definition) is 2. The van der Waals surface area contributed by atoms with Crippen molar-refractivity contribution >= 4 is 17.9 Å². The minimum atomic E-state index is -4.68. The van der Waals surface area contributed by atoms with Crippen LogP contribution >= 0.6 is 0 Å². The number of anilines is 1. The van der Waals surface area contributed by atoms with Crippen LogP contribution in [0.4, 0.5) is 36.4 Å². The topological polar surface area (TPSA) is 101 Å². The van der Waals surface area contributed by atoms with Crippen LogP contribution in [0.3, 0.4) is 0 Å². The van der Waals surface area contributed by atoms with E-state index < -0.39 is 47.3 Å². The number of alkyl halides is 4. The molecular weight excluding hydrogens is 591 g/mol. The number of benzene rings is 2. The lowest BCUT2D eigenvalue weighted by molar-refractivity contribution is -0.138. The first-order valence-corrected chi connectivity index (χ1v) is 12.2. The van der Waals surface area contributed by atoms with Gasteiger partial charge in [0.2, 0.25) is 0 Å². The quantitative estimate of drug-likeness (QED) is 0.282. The molecule has 1 heterocycles. The van der Waals surface area contributed by atoms with Crippen LogP contribution < -0.4 is 20.5 Å². The maximum atomic E-state index is 14.4. The summed E-state index contributed by atoms with van der Waals surface area (Å²) in [6, 6.07) is 7.94. The van der Waals surface area contributed by atoms with Gasteiger partial charge in [0.05, 0.1) is 12.7 Å². The molecule has 3 aromatic rings. The molecule has 0 spiro atoms. The first-order chi connectivity index (χ1) is 20.1. The van der Waals surface area contributed by atoms with Gasteiger partial charge in [-0.3, -0.25) is 9.59 Å². The summed E-state index contributed by atoms with van der Waals surface area (Å²) in [5.74, 6) is -3.56. The predicted molar refractivity (Wildman–Crippen MR) is 144 cm³/mol. The average molecular weight is 622 g/mol. The van der Waals surface area contributed by atoms with Crippen LogP contribution in [0, 0.1) is 17.5 Å². The van der Waals surface area contributed by atoms with Crippen LogP contribution in [-0.4, -0.2) is 56.5 Å². The van der Waals surface area contributed by atoms with Crippen molar-refractivity contribution < 1.29 is 50.2 Å². The maximum Gasteiger partial charge on any atom is 0.417 e. The Kier molecular flexibility index (Phi) is 14.4. The van der Waals surface area contributed by atoms with Gasteiger partial charge < -0.3 is 29.4 Å². The number of likely N-dealkylation sites (N-methyl/N-ethyl adjacent to an activating group) is 1. The van der Waals surface area contributed by atoms with E-state index in [0.717, 1.165) is 21.6 Å². The van der Waals surface area contributed by atoms with E-state index >= 15 is 0 Å². The Morgan fingerprint density at radius 3 is 2.09 bits per heavy atom. The summed E-state index contributed by atoms with van der Waals surface area (Å²) in [5, 5.41) is 9.34. The highest BCUT2D eigenvalue weighted by Gasteiger charge is 2.33. The molecule has 0 saturated carbocycles. The SMILES string of the molecule is CNC(=O)c1ccc(F)cc1.COc1cc(F)c(C(CC=O)CN(C)c2cc(C(F)(F)F)cn(C)c2=O)c(F)c1.OCF. The zero-order valence-corrected chi connectivity index (χ0v) is 23.5. The molecule has 1 amide bonds. The molecule has 0 fully saturated rings. The van der Waals surface area contributed by atoms with E-state index in [1.807, 2.05) is 0 Å². The Balaban J connectivity index is 0.000000545. The molecule has 0 saturated heterocycles. The fourth-order valence-corrected chi connectivity index (χ4v) is 3.77. The summed E-state index contributed by atoms with van der Waals surface area (Å²) in [5.41, 5.74) is -2.02. The highest BCUT2D eigenvalue weighted by atomic mass is 19.4. The van der Waals surface area contributed by atoms with Gasteiger partial charge in [0, 0.05) is 69.5 Å². The van der Waals surface area contributed by atoms with Crippen molar-refractivity contribution in [1.82, 2.24) is 9.88 Å². The molecule has 0 aliphatic carbocycles. The van der Waals surface area contributed by atoms with Crippen LogP contribution in [-0.2, 0) is 18.0 Å². The van der Waals surface area contributed by atoms with Crippen molar-refractivity contribution in [2.24, 2.45) is 7.05 Å². The molecule has 1 unspecified atom stereocenters. The third kappa shape index (κ3) is 10.7. The van der Waals surface area contributed by atoms with Gasteiger partial charge >= 0.3 is 6.18 Å². The minimum absolute atomic E-state index is 0.0614. The van der Waals surface area contributed by atoms with E-state index in [0.29, 0.717) is 24.1 Å². The van der Waals surface area contributed by atoms with Crippen molar-refractivity contribution in [3.8, 4) is 5.75 Å². The van der Waals surface area contributed by atoms with E-state index in [4.69, 9.17) is 9.84 Å². The van der Waals surface area contributed by atoms with Gasteiger partial charge in [0.15, 0.2) is 6.86 Å². The van der Waals surface area contributed by atoms with E-state index in [1.54, 1.807) is 0 Å². The number of aromatic nitrogens is 1. The third-order valence-electron chi connectivity index (χ3n) is 5.81. The van der Waals surface area contributed by atoms with Gasteiger partial charge in [0.25, 0.3) is 11.5 Å². The number of rotatable bonds is 8. The van der Waals surface area contributed by atoms with E-state index in [9.17, 15) is 45.1 Å². The van der Waals surface area contributed by atoms with E-state index in [1.165, 1.54) is 52.5 Å². The van der Waals surface area contributed by atoms with E-state index in [2.05, 4.69) is 5.32 Å². The van der Waals surface area contributed by atoms with Gasteiger partial charge in [-0.05, 0) is 30.3 Å². The van der Waals surface area contributed by atoms with Gasteiger partial charge in [0.1, 0.15) is 35.2 Å². The van der Waals surface area contributed by atoms with Crippen LogP contribution in [0.15, 0.2) is 53.5 Å². The number of amides is 1. The Hall–Kier alpha value is -4.40. The molecule has 1 atom stereocenters. The number of aryl methyl sites for hydroxylation is 1. The summed E-state index contributed by atoms with van der Waals surface area (Å²) < 4.78 is 95.8. The minimum Gasteiger partial charge on any atom is -0.497 e. The van der Waals surface area contributed by atoms with Gasteiger partial charge in [-0.2, -0.15) is 13.2 Å². The molecule has 236 valence electrons. The number of carbonyl (C=O) groups is 2. The first kappa shape index (κ1) is 36.6. The molecule has 0 aliphatic heterocycles. The molecule has 2 aromatic carbocycles. The smallest absolute Gasteiger partial charge is 0.417 e. The Morgan fingerprint density at radius 1 is 1.12 bits per heavy atom. The van der Waals surface area contributed by atoms with Crippen LogP contribution in [0.5, 0.6) is 5.75 Å². The molecule has 8 nitrogen and oxygen atoms in total. The van der Waals surface area contributed by atoms with Crippen molar-refractivity contribution in [1.29, 1.82) is 0 Å². The molecule has 43 heavy (non-hydrogen) atoms. The lowest BCUT2D eigenvalue weighted by Crippen LogP contribution is -2.33. The Bertz CT molecular complexity index is 1390. The maximum absolute atomic E-state index is 14.4. The highest BCUT2D eigenvalue weighted by molar-refractivity contribution is 5.93. The van der Waals surface area contributed by atoms with Gasteiger partial charge in [-0.15, -0.1) is 0 Å². The fourth-order valence-electron chi connectivity index (χ4n) is 3.77. The van der Waals surface area contributed by atoms with E-state index in [-0.39, 0.29) is 36.1 Å². The number of methoxy groups -OCH3 is 1. The lowest BCUT2D eigenvalue weighted by atomic mass is 9.94. The van der Waals surface area contributed by atoms with Gasteiger partial charge in [-0.1, -0.05) is 0 Å². The van der Waals surface area contributed by atoms with Crippen molar-refractivity contribution in [3.05, 3.63) is 93.2 Å². The van der Waals surface area contributed by atoms with Crippen molar-refractivity contribution in [2.75, 3.05) is 39.5 Å². The number of aldehydes is 1. The standard InChI is InChI=1S/C19H19F5N2O3.C8H8FNO.CH3FO/c1-25(16-6-12(19(22,23)24)10-26(2)18(16)28)9-11(4-5-27)17-14(20)7-13(29-3)8-15(17)21;1-10-8(11)6-2-4-7(9)5-3-6;2-1-3/h5-8,10-11H,4,9H2,1-3H3;2-5H,1H3,(H,10,11);3H,1H2. The summed E-state index contributed by atoms with van der Waals surface area (Å²) in [7, 11) is 5.24. The summed E-state index contributed by atoms with van der Waals surface area (Å²) >= 11 is 0. The zero-order chi connectivity index (χ0) is 32.9. The Morgan fingerprint density at radius 2 is 1.65 bits per heavy atom. The molecule has 1 aromatic heterocycles. The second kappa shape index (κ2) is 16.9. The molecular formula is C28H30F7N3O5. The van der Waals surface area contributed by atoms with Crippen molar-refractivity contribution in [3.63, 3.8) is 0 Å². The van der Waals surface area contributed by atoms with Crippen LogP contribution in [0.25, 0.3) is 0 Å². The number of nitrogens with one attached hydrogen (secondary N) is 1. The summed E-state index contributed by atoms with van der Waals surface area (Å²) in [4.78, 5) is 35.4. The molecule has 3 rings (SSSR count). The second-order valence-electron chi connectivity index (χ2n) is 8.72. The molecule has 0 aliphatic rings. The largest absolute Gasteiger partial charge is 0.497 e. The normalized spacial score (nSPS) is 11.3. The Labute approximate surface area is 242 Å². The predicted octanol–water partition coefficient (Wildman–Crippen LogP) is 4.59. The molecule has 0 radical (unpaired) electrons. The van der Waals surface area contributed by atoms with Crippen LogP contribution in [0.2, 0.25) is 0 Å². The number of carbonyl (C=O) groups excluding carboxylic acids is 2. The zero-order valence-electron chi connectivity index (χ0n) is 23.5. The lowest BCUT2D eigenvalue weighted by Gasteiger charge is -2.26. The molecule has 0 bridgehead atoms. The summed E-state index contributed by atoms with van der Waals surface area (Å²) in [6.07, 6.45) is -3.88. The number of halogens is 7. The van der Waals surface area contributed by atoms with Crippen molar-refractivity contribution in [2.45, 2.75) is 18.5 Å². The first-order valence-electron chi connectivity index (χ1n) is 12.2. The molecule has 2 N–H and O–H groups in total. The van der Waals surface area contributed by atoms with Gasteiger partial charge in [-0.25, -0.2) is 17.6 Å². The average Bonchev–Trinajstić information content (AvgIpc) is 2.94. The number of aliphatic hydroxyl groups is 1. The number of nitrogens with zero attached hydrogens (tertiary/aromatic N) is 2. The molecule has 15 heteroatoms. The van der Waals surface area contributed by atoms with Crippen LogP contribution in [0.1, 0.15) is 33.8 Å². The number of ether oxygens (including phenoxy) is 1. The number of pyridine rings is 1. The third-order valence-corrected chi connectivity index (χ3v) is 5.81.